The number of hydrogen-bond donors (Lipinski definition) is 3. The maximum absolute atomic E-state index is 12.8. The lowest BCUT2D eigenvalue weighted by atomic mass is 10.0. The molecule has 1 unspecified atom stereocenters. The van der Waals surface area contributed by atoms with Gasteiger partial charge in [0.2, 0.25) is 11.0 Å². The zero-order chi connectivity index (χ0) is 22.4. The molecule has 0 fully saturated rings. The molecule has 3 aromatic rings. The van der Waals surface area contributed by atoms with E-state index in [1.54, 1.807) is 13.2 Å². The third kappa shape index (κ3) is 6.02. The lowest BCUT2D eigenvalue weighted by Crippen LogP contribution is -2.48. The molecule has 1 atom stereocenters. The van der Waals surface area contributed by atoms with Gasteiger partial charge in [-0.2, -0.15) is 0 Å². The molecule has 0 radical (unpaired) electrons. The van der Waals surface area contributed by atoms with E-state index in [0.717, 1.165) is 15.8 Å². The minimum atomic E-state index is -0.754. The summed E-state index contributed by atoms with van der Waals surface area (Å²) in [6.07, 6.45) is 0. The summed E-state index contributed by atoms with van der Waals surface area (Å²) in [7, 11) is 1.60. The van der Waals surface area contributed by atoms with E-state index in [-0.39, 0.29) is 11.8 Å². The zero-order valence-corrected chi connectivity index (χ0v) is 19.6. The van der Waals surface area contributed by atoms with Crippen LogP contribution in [0, 0.1) is 5.92 Å². The summed E-state index contributed by atoms with van der Waals surface area (Å²) < 4.78 is 5.90. The fraction of sp³-hybridized carbons (Fsp3) is 0.238. The van der Waals surface area contributed by atoms with Crippen molar-refractivity contribution in [1.82, 2.24) is 15.5 Å². The molecule has 0 aliphatic heterocycles. The number of para-hydroxylation sites is 1. The number of hydrogen-bond acceptors (Lipinski definition) is 6. The second-order valence-electron chi connectivity index (χ2n) is 6.93. The number of amides is 3. The molecular formula is C21H22BrN5O3S. The zero-order valence-electron chi connectivity index (χ0n) is 17.2. The number of aromatic nitrogens is 2. The molecule has 0 saturated carbocycles. The third-order valence-electron chi connectivity index (χ3n) is 4.35. The molecule has 3 amide bonds. The smallest absolute Gasteiger partial charge is 0.319 e. The van der Waals surface area contributed by atoms with Crippen molar-refractivity contribution < 1.29 is 14.3 Å². The van der Waals surface area contributed by atoms with Crippen LogP contribution in [0.5, 0.6) is 5.75 Å². The van der Waals surface area contributed by atoms with E-state index in [0.29, 0.717) is 15.8 Å². The Kier molecular flexibility index (Phi) is 7.59. The maximum Gasteiger partial charge on any atom is 0.319 e. The van der Waals surface area contributed by atoms with E-state index in [9.17, 15) is 9.59 Å². The first-order valence-corrected chi connectivity index (χ1v) is 11.1. The van der Waals surface area contributed by atoms with Gasteiger partial charge in [-0.15, -0.1) is 10.2 Å². The predicted molar refractivity (Wildman–Crippen MR) is 125 cm³/mol. The molecule has 0 aliphatic carbocycles. The fourth-order valence-electron chi connectivity index (χ4n) is 2.70. The van der Waals surface area contributed by atoms with E-state index < -0.39 is 12.1 Å². The average Bonchev–Trinajstić information content (AvgIpc) is 3.22. The predicted octanol–water partition coefficient (Wildman–Crippen LogP) is 4.76. The number of anilines is 2. The van der Waals surface area contributed by atoms with E-state index >= 15 is 0 Å². The quantitative estimate of drug-likeness (QED) is 0.430. The summed E-state index contributed by atoms with van der Waals surface area (Å²) in [5, 5.41) is 17.4. The molecule has 10 heteroatoms. The second-order valence-corrected chi connectivity index (χ2v) is 8.76. The van der Waals surface area contributed by atoms with Crippen LogP contribution < -0.4 is 20.7 Å². The van der Waals surface area contributed by atoms with Gasteiger partial charge in [0.25, 0.3) is 0 Å². The Labute approximate surface area is 192 Å². The van der Waals surface area contributed by atoms with Crippen molar-refractivity contribution in [3.05, 3.63) is 53.0 Å². The molecule has 31 heavy (non-hydrogen) atoms. The van der Waals surface area contributed by atoms with Gasteiger partial charge >= 0.3 is 6.03 Å². The van der Waals surface area contributed by atoms with Crippen LogP contribution in [0.15, 0.2) is 53.0 Å². The highest BCUT2D eigenvalue weighted by Crippen LogP contribution is 2.28. The van der Waals surface area contributed by atoms with Gasteiger partial charge in [-0.25, -0.2) is 4.79 Å². The number of rotatable bonds is 7. The average molecular weight is 504 g/mol. The number of carbonyl (C=O) groups excluding carboxylic acids is 2. The van der Waals surface area contributed by atoms with Gasteiger partial charge < -0.3 is 15.4 Å². The van der Waals surface area contributed by atoms with Crippen LogP contribution in [-0.4, -0.2) is 35.3 Å². The van der Waals surface area contributed by atoms with Gasteiger partial charge in [-0.05, 0) is 58.2 Å². The van der Waals surface area contributed by atoms with E-state index in [2.05, 4.69) is 42.1 Å². The van der Waals surface area contributed by atoms with Crippen molar-refractivity contribution in [2.75, 3.05) is 17.7 Å². The molecule has 3 rings (SSSR count). The SMILES string of the molecule is COc1ccc(-c2nnc(NC(=O)C(NC(=O)Nc3ccccc3Br)C(C)C)s2)cc1. The third-order valence-corrected chi connectivity index (χ3v) is 5.93. The van der Waals surface area contributed by atoms with Crippen molar-refractivity contribution in [2.45, 2.75) is 19.9 Å². The van der Waals surface area contributed by atoms with Gasteiger partial charge in [-0.3, -0.25) is 10.1 Å². The van der Waals surface area contributed by atoms with Gasteiger partial charge in [-0.1, -0.05) is 37.3 Å². The first-order chi connectivity index (χ1) is 14.9. The topological polar surface area (TPSA) is 105 Å². The van der Waals surface area contributed by atoms with Crippen LogP contribution in [0.25, 0.3) is 10.6 Å². The Morgan fingerprint density at radius 3 is 2.39 bits per heavy atom. The number of carbonyl (C=O) groups is 2. The highest BCUT2D eigenvalue weighted by Gasteiger charge is 2.25. The van der Waals surface area contributed by atoms with Crippen molar-refractivity contribution in [2.24, 2.45) is 5.92 Å². The Bertz CT molecular complexity index is 1060. The molecule has 0 saturated heterocycles. The lowest BCUT2D eigenvalue weighted by molar-refractivity contribution is -0.118. The largest absolute Gasteiger partial charge is 0.497 e. The number of methoxy groups -OCH3 is 1. The van der Waals surface area contributed by atoms with Gasteiger partial charge in [0.1, 0.15) is 16.8 Å². The highest BCUT2D eigenvalue weighted by atomic mass is 79.9. The molecule has 0 spiro atoms. The Morgan fingerprint density at radius 1 is 1.03 bits per heavy atom. The minimum Gasteiger partial charge on any atom is -0.497 e. The molecule has 1 heterocycles. The van der Waals surface area contributed by atoms with Crippen LogP contribution in [0.4, 0.5) is 15.6 Å². The van der Waals surface area contributed by atoms with Crippen LogP contribution in [0.1, 0.15) is 13.8 Å². The van der Waals surface area contributed by atoms with Crippen LogP contribution in [0.3, 0.4) is 0 Å². The summed E-state index contributed by atoms with van der Waals surface area (Å²) in [6.45, 7) is 3.71. The summed E-state index contributed by atoms with van der Waals surface area (Å²) >= 11 is 4.63. The monoisotopic (exact) mass is 503 g/mol. The van der Waals surface area contributed by atoms with Gasteiger partial charge in [0, 0.05) is 10.0 Å². The standard InChI is InChI=1S/C21H22BrN5O3S/c1-12(2)17(24-20(29)23-16-7-5-4-6-15(16)22)18(28)25-21-27-26-19(31-21)13-8-10-14(30-3)11-9-13/h4-12,17H,1-3H3,(H2,23,24,29)(H,25,27,28). The van der Waals surface area contributed by atoms with Crippen molar-refractivity contribution in [3.63, 3.8) is 0 Å². The van der Waals surface area contributed by atoms with E-state index in [4.69, 9.17) is 4.74 Å². The summed E-state index contributed by atoms with van der Waals surface area (Å²) in [5.41, 5.74) is 1.47. The first kappa shape index (κ1) is 22.7. The van der Waals surface area contributed by atoms with E-state index in [1.165, 1.54) is 11.3 Å². The number of nitrogens with zero attached hydrogens (tertiary/aromatic N) is 2. The number of ether oxygens (including phenoxy) is 1. The maximum atomic E-state index is 12.8. The van der Waals surface area contributed by atoms with Crippen molar-refractivity contribution in [1.29, 1.82) is 0 Å². The summed E-state index contributed by atoms with van der Waals surface area (Å²) in [6, 6.07) is 13.4. The van der Waals surface area contributed by atoms with Crippen molar-refractivity contribution >= 4 is 50.0 Å². The molecule has 3 N–H and O–H groups in total. The molecule has 0 bridgehead atoms. The normalized spacial score (nSPS) is 11.6. The fourth-order valence-corrected chi connectivity index (χ4v) is 3.84. The number of urea groups is 1. The Hall–Kier alpha value is -2.98. The van der Waals surface area contributed by atoms with Gasteiger partial charge in [0.05, 0.1) is 12.8 Å². The van der Waals surface area contributed by atoms with E-state index in [1.807, 2.05) is 56.3 Å². The first-order valence-electron chi connectivity index (χ1n) is 9.48. The molecule has 162 valence electrons. The Morgan fingerprint density at radius 2 is 1.74 bits per heavy atom. The summed E-state index contributed by atoms with van der Waals surface area (Å²) in [5.74, 6) is 0.238. The van der Waals surface area contributed by atoms with Crippen LogP contribution in [-0.2, 0) is 4.79 Å². The van der Waals surface area contributed by atoms with Crippen LogP contribution >= 0.6 is 27.3 Å². The molecule has 0 aliphatic rings. The highest BCUT2D eigenvalue weighted by molar-refractivity contribution is 9.10. The second kappa shape index (κ2) is 10.4. The summed E-state index contributed by atoms with van der Waals surface area (Å²) in [4.78, 5) is 25.2. The molecule has 8 nitrogen and oxygen atoms in total. The number of nitrogens with one attached hydrogen (secondary N) is 3. The molecule has 1 aromatic heterocycles. The Balaban J connectivity index is 1.64. The number of halogens is 1. The minimum absolute atomic E-state index is 0.140. The molecule has 2 aromatic carbocycles. The molecular weight excluding hydrogens is 482 g/mol. The van der Waals surface area contributed by atoms with Gasteiger partial charge in [0.15, 0.2) is 0 Å². The lowest BCUT2D eigenvalue weighted by Gasteiger charge is -2.21. The number of benzene rings is 2. The van der Waals surface area contributed by atoms with Crippen molar-refractivity contribution in [3.8, 4) is 16.3 Å². The van der Waals surface area contributed by atoms with Crippen LogP contribution in [0.2, 0.25) is 0 Å².